The van der Waals surface area contributed by atoms with E-state index in [0.717, 1.165) is 12.2 Å². The first-order valence-corrected chi connectivity index (χ1v) is 8.69. The number of benzene rings is 1. The maximum absolute atomic E-state index is 13.8. The number of aliphatic hydroxyl groups excluding tert-OH is 1. The maximum Gasteiger partial charge on any atom is 0.255 e. The molecule has 5 nitrogen and oxygen atoms in total. The van der Waals surface area contributed by atoms with Gasteiger partial charge in [0, 0.05) is 32.5 Å². The number of hydrogen-bond donors (Lipinski definition) is 2. The van der Waals surface area contributed by atoms with E-state index in [4.69, 9.17) is 0 Å². The van der Waals surface area contributed by atoms with Gasteiger partial charge in [-0.1, -0.05) is 32.0 Å². The van der Waals surface area contributed by atoms with Gasteiger partial charge in [-0.3, -0.25) is 9.69 Å². The highest BCUT2D eigenvalue weighted by Gasteiger charge is 2.23. The van der Waals surface area contributed by atoms with Gasteiger partial charge in [-0.15, -0.1) is 0 Å². The Morgan fingerprint density at radius 3 is 2.84 bits per heavy atom. The fourth-order valence-corrected chi connectivity index (χ4v) is 3.07. The predicted molar refractivity (Wildman–Crippen MR) is 93.9 cm³/mol. The summed E-state index contributed by atoms with van der Waals surface area (Å²) in [6.45, 7) is 5.75. The number of β-amino-alcohol motifs (C(OH)–C–C–N with tert-alkyl or cyclic N) is 1. The van der Waals surface area contributed by atoms with E-state index in [1.807, 2.05) is 13.8 Å². The van der Waals surface area contributed by atoms with Gasteiger partial charge in [-0.05, 0) is 17.5 Å². The number of hydrogen-bond acceptors (Lipinski definition) is 4. The molecule has 2 aromatic rings. The first-order chi connectivity index (χ1) is 11.9. The van der Waals surface area contributed by atoms with E-state index in [9.17, 15) is 14.3 Å². The third-order valence-electron chi connectivity index (χ3n) is 4.73. The second-order valence-corrected chi connectivity index (χ2v) is 7.00. The zero-order valence-electron chi connectivity index (χ0n) is 14.6. The molecule has 6 heteroatoms. The number of aliphatic hydroxyl groups is 1. The molecule has 0 spiro atoms. The van der Waals surface area contributed by atoms with Gasteiger partial charge in [-0.25, -0.2) is 9.37 Å². The van der Waals surface area contributed by atoms with Crippen LogP contribution < -0.4 is 5.56 Å². The van der Waals surface area contributed by atoms with Crippen LogP contribution in [0, 0.1) is 11.7 Å². The van der Waals surface area contributed by atoms with Crippen LogP contribution in [-0.4, -0.2) is 39.2 Å². The van der Waals surface area contributed by atoms with E-state index in [1.54, 1.807) is 18.2 Å². The van der Waals surface area contributed by atoms with Gasteiger partial charge in [0.15, 0.2) is 0 Å². The summed E-state index contributed by atoms with van der Waals surface area (Å²) in [5.74, 6) is 0.377. The Balaban J connectivity index is 1.78. The lowest BCUT2D eigenvalue weighted by atomic mass is 10.0. The summed E-state index contributed by atoms with van der Waals surface area (Å²) in [4.78, 5) is 21.9. The molecule has 0 unspecified atom stereocenters. The number of rotatable bonds is 5. The number of H-pyrrole nitrogens is 1. The van der Waals surface area contributed by atoms with Crippen LogP contribution in [0.15, 0.2) is 29.1 Å². The number of halogens is 1. The normalized spacial score (nSPS) is 16.0. The summed E-state index contributed by atoms with van der Waals surface area (Å²) >= 11 is 0. The number of nitrogens with one attached hydrogen (secondary N) is 1. The Hall–Kier alpha value is -2.05. The van der Waals surface area contributed by atoms with Crippen LogP contribution in [-0.2, 0) is 19.4 Å². The van der Waals surface area contributed by atoms with Gasteiger partial charge < -0.3 is 10.1 Å². The van der Waals surface area contributed by atoms with Crippen LogP contribution >= 0.6 is 0 Å². The van der Waals surface area contributed by atoms with Gasteiger partial charge in [0.2, 0.25) is 0 Å². The first kappa shape index (κ1) is 17.8. The van der Waals surface area contributed by atoms with Crippen molar-refractivity contribution in [3.05, 3.63) is 63.1 Å². The van der Waals surface area contributed by atoms with Gasteiger partial charge in [0.05, 0.1) is 17.4 Å². The van der Waals surface area contributed by atoms with Gasteiger partial charge >= 0.3 is 0 Å². The molecule has 0 saturated heterocycles. The monoisotopic (exact) mass is 345 g/mol. The summed E-state index contributed by atoms with van der Waals surface area (Å²) in [6, 6.07) is 6.52. The van der Waals surface area contributed by atoms with E-state index >= 15 is 0 Å². The Kier molecular flexibility index (Phi) is 5.30. The van der Waals surface area contributed by atoms with Crippen molar-refractivity contribution in [1.82, 2.24) is 14.9 Å². The number of aromatic amines is 1. The van der Waals surface area contributed by atoms with Crippen molar-refractivity contribution in [2.45, 2.75) is 39.3 Å². The van der Waals surface area contributed by atoms with Crippen molar-refractivity contribution in [1.29, 1.82) is 0 Å². The highest BCUT2D eigenvalue weighted by molar-refractivity contribution is 5.25. The summed E-state index contributed by atoms with van der Waals surface area (Å²) in [7, 11) is 0. The zero-order chi connectivity index (χ0) is 18.0. The minimum absolute atomic E-state index is 0.167. The molecule has 134 valence electrons. The lowest BCUT2D eigenvalue weighted by Crippen LogP contribution is -2.41. The van der Waals surface area contributed by atoms with Crippen molar-refractivity contribution >= 4 is 0 Å². The van der Waals surface area contributed by atoms with Crippen LogP contribution in [0.4, 0.5) is 4.39 Å². The molecule has 0 bridgehead atoms. The molecule has 0 fully saturated rings. The Morgan fingerprint density at radius 2 is 2.12 bits per heavy atom. The Morgan fingerprint density at radius 1 is 1.36 bits per heavy atom. The van der Waals surface area contributed by atoms with Crippen LogP contribution in [0.5, 0.6) is 0 Å². The fourth-order valence-electron chi connectivity index (χ4n) is 3.07. The summed E-state index contributed by atoms with van der Waals surface area (Å²) in [6.07, 6.45) is 0.521. The summed E-state index contributed by atoms with van der Waals surface area (Å²) < 4.78 is 13.8. The molecule has 0 aliphatic carbocycles. The smallest absolute Gasteiger partial charge is 0.255 e. The highest BCUT2D eigenvalue weighted by atomic mass is 19.1. The van der Waals surface area contributed by atoms with Gasteiger partial charge in [0.1, 0.15) is 11.6 Å². The fraction of sp³-hybridized carbons (Fsp3) is 0.474. The van der Waals surface area contributed by atoms with Crippen LogP contribution in [0.1, 0.15) is 36.5 Å². The number of aromatic nitrogens is 2. The molecule has 0 radical (unpaired) electrons. The molecule has 0 amide bonds. The molecule has 3 rings (SSSR count). The average Bonchev–Trinajstić information content (AvgIpc) is 2.57. The molecule has 1 aliphatic heterocycles. The molecular formula is C19H24FN3O2. The van der Waals surface area contributed by atoms with Crippen molar-refractivity contribution in [3.8, 4) is 0 Å². The largest absolute Gasteiger partial charge is 0.392 e. The van der Waals surface area contributed by atoms with Crippen molar-refractivity contribution in [2.24, 2.45) is 5.92 Å². The predicted octanol–water partition coefficient (Wildman–Crippen LogP) is 1.87. The van der Waals surface area contributed by atoms with Crippen LogP contribution in [0.3, 0.4) is 0 Å². The summed E-state index contributed by atoms with van der Waals surface area (Å²) in [5.41, 5.74) is 1.79. The third-order valence-corrected chi connectivity index (χ3v) is 4.73. The SMILES string of the molecule is CC(C)[C@H](O)CN1CCc2nc(Cc3ccccc3F)[nH]c(=O)c2C1. The van der Waals surface area contributed by atoms with E-state index in [2.05, 4.69) is 14.9 Å². The molecule has 1 aromatic carbocycles. The van der Waals surface area contributed by atoms with Crippen molar-refractivity contribution in [2.75, 3.05) is 13.1 Å². The number of nitrogens with zero attached hydrogens (tertiary/aromatic N) is 2. The minimum atomic E-state index is -0.408. The molecular weight excluding hydrogens is 321 g/mol. The Bertz CT molecular complexity index is 803. The molecule has 2 N–H and O–H groups in total. The lowest BCUT2D eigenvalue weighted by molar-refractivity contribution is 0.0704. The Labute approximate surface area is 146 Å². The number of fused-ring (bicyclic) bond motifs is 1. The molecule has 1 aliphatic rings. The first-order valence-electron chi connectivity index (χ1n) is 8.69. The summed E-state index contributed by atoms with van der Waals surface area (Å²) in [5, 5.41) is 10.1. The molecule has 25 heavy (non-hydrogen) atoms. The molecule has 1 atom stereocenters. The van der Waals surface area contributed by atoms with E-state index in [0.29, 0.717) is 36.5 Å². The molecule has 0 saturated carbocycles. The van der Waals surface area contributed by atoms with Crippen molar-refractivity contribution in [3.63, 3.8) is 0 Å². The quantitative estimate of drug-likeness (QED) is 0.868. The zero-order valence-corrected chi connectivity index (χ0v) is 14.6. The molecule has 1 aromatic heterocycles. The molecule has 2 heterocycles. The van der Waals surface area contributed by atoms with Crippen molar-refractivity contribution < 1.29 is 9.50 Å². The lowest BCUT2D eigenvalue weighted by Gasteiger charge is -2.30. The second-order valence-electron chi connectivity index (χ2n) is 7.00. The van der Waals surface area contributed by atoms with E-state index < -0.39 is 6.10 Å². The van der Waals surface area contributed by atoms with Crippen LogP contribution in [0.25, 0.3) is 0 Å². The maximum atomic E-state index is 13.8. The highest BCUT2D eigenvalue weighted by Crippen LogP contribution is 2.17. The topological polar surface area (TPSA) is 69.2 Å². The minimum Gasteiger partial charge on any atom is -0.392 e. The van der Waals surface area contributed by atoms with Gasteiger partial charge in [0.25, 0.3) is 5.56 Å². The van der Waals surface area contributed by atoms with Gasteiger partial charge in [-0.2, -0.15) is 0 Å². The second kappa shape index (κ2) is 7.45. The standard InChI is InChI=1S/C19H24FN3O2/c1-12(2)17(24)11-23-8-7-16-14(10-23)19(25)22-18(21-16)9-13-5-3-4-6-15(13)20/h3-6,12,17,24H,7-11H2,1-2H3,(H,21,22,25)/t17-/m1/s1. The third kappa shape index (κ3) is 4.14. The van der Waals surface area contributed by atoms with E-state index in [1.165, 1.54) is 6.07 Å². The average molecular weight is 345 g/mol. The van der Waals surface area contributed by atoms with Crippen LogP contribution in [0.2, 0.25) is 0 Å². The van der Waals surface area contributed by atoms with E-state index in [-0.39, 0.29) is 23.7 Å².